The Morgan fingerprint density at radius 2 is 1.97 bits per heavy atom. The number of aromatic nitrogens is 3. The van der Waals surface area contributed by atoms with Crippen LogP contribution in [0.15, 0.2) is 58.9 Å². The van der Waals surface area contributed by atoms with Crippen LogP contribution in [0.3, 0.4) is 0 Å². The van der Waals surface area contributed by atoms with Gasteiger partial charge in [-0.1, -0.05) is 23.7 Å². The lowest BCUT2D eigenvalue weighted by Gasteiger charge is -2.14. The SMILES string of the molecule is COc1ccc2c(c1)C(c1ccc(Cl)cc1)=NC(CC(=O)Nc1cc(B(O)O)cs1)c1nnc(C)n1-2. The Labute approximate surface area is 216 Å². The summed E-state index contributed by atoms with van der Waals surface area (Å²) < 4.78 is 7.39. The Morgan fingerprint density at radius 3 is 2.67 bits per heavy atom. The number of methoxy groups -OCH3 is 1. The summed E-state index contributed by atoms with van der Waals surface area (Å²) in [5.74, 6) is 1.57. The number of rotatable bonds is 6. The summed E-state index contributed by atoms with van der Waals surface area (Å²) in [6, 6.07) is 13.9. The molecule has 2 aromatic heterocycles. The summed E-state index contributed by atoms with van der Waals surface area (Å²) in [5, 5.41) is 32.8. The first-order valence-electron chi connectivity index (χ1n) is 11.0. The van der Waals surface area contributed by atoms with Crippen molar-refractivity contribution in [3.8, 4) is 11.4 Å². The smallest absolute Gasteiger partial charge is 0.489 e. The minimum Gasteiger partial charge on any atom is -0.497 e. The van der Waals surface area contributed by atoms with Gasteiger partial charge in [0.05, 0.1) is 29.9 Å². The predicted octanol–water partition coefficient (Wildman–Crippen LogP) is 2.90. The van der Waals surface area contributed by atoms with Crippen LogP contribution in [0.5, 0.6) is 5.75 Å². The molecular weight excluding hydrogens is 501 g/mol. The van der Waals surface area contributed by atoms with Gasteiger partial charge in [-0.3, -0.25) is 14.4 Å². The van der Waals surface area contributed by atoms with Crippen LogP contribution in [-0.2, 0) is 4.79 Å². The van der Waals surface area contributed by atoms with E-state index in [4.69, 9.17) is 21.3 Å². The third kappa shape index (κ3) is 4.65. The van der Waals surface area contributed by atoms with Crippen molar-refractivity contribution in [2.75, 3.05) is 12.4 Å². The number of halogens is 1. The molecule has 9 nitrogen and oxygen atoms in total. The molecule has 36 heavy (non-hydrogen) atoms. The van der Waals surface area contributed by atoms with Crippen molar-refractivity contribution in [1.29, 1.82) is 0 Å². The Morgan fingerprint density at radius 1 is 1.19 bits per heavy atom. The fourth-order valence-corrected chi connectivity index (χ4v) is 5.05. The quantitative estimate of drug-likeness (QED) is 0.335. The molecule has 1 amide bonds. The molecule has 3 heterocycles. The molecule has 12 heteroatoms. The lowest BCUT2D eigenvalue weighted by molar-refractivity contribution is -0.116. The Balaban J connectivity index is 1.58. The Kier molecular flexibility index (Phi) is 6.63. The molecule has 1 atom stereocenters. The van der Waals surface area contributed by atoms with Crippen LogP contribution in [0, 0.1) is 6.92 Å². The van der Waals surface area contributed by atoms with Gasteiger partial charge in [0.2, 0.25) is 5.91 Å². The van der Waals surface area contributed by atoms with Gasteiger partial charge < -0.3 is 20.1 Å². The van der Waals surface area contributed by atoms with Crippen molar-refractivity contribution in [3.05, 3.63) is 81.7 Å². The first-order valence-corrected chi connectivity index (χ1v) is 12.3. The van der Waals surface area contributed by atoms with E-state index < -0.39 is 13.2 Å². The second-order valence-corrected chi connectivity index (χ2v) is 9.54. The van der Waals surface area contributed by atoms with Crippen LogP contribution < -0.4 is 15.5 Å². The van der Waals surface area contributed by atoms with E-state index in [2.05, 4.69) is 15.5 Å². The molecule has 0 saturated carbocycles. The van der Waals surface area contributed by atoms with E-state index in [-0.39, 0.29) is 12.3 Å². The van der Waals surface area contributed by atoms with E-state index in [0.717, 1.165) is 16.8 Å². The van der Waals surface area contributed by atoms with E-state index in [1.165, 1.54) is 17.4 Å². The molecule has 0 radical (unpaired) electrons. The van der Waals surface area contributed by atoms with E-state index in [1.54, 1.807) is 24.6 Å². The molecule has 5 rings (SSSR count). The molecular formula is C24H21BClN5O4S. The third-order valence-corrected chi connectivity index (χ3v) is 6.93. The summed E-state index contributed by atoms with van der Waals surface area (Å²) in [5.41, 5.74) is 3.45. The standard InChI is InChI=1S/C24H21BClN5O4S/c1-13-29-30-24-19(11-21(32)28-22-9-15(12-36-22)25(33)34)27-23(14-3-5-16(26)6-4-14)18-10-17(35-2)7-8-20(18)31(13)24/h3-10,12,19,33-34H,11H2,1-2H3,(H,28,32). The average Bonchev–Trinajstić information content (AvgIpc) is 3.45. The number of amides is 1. The van der Waals surface area contributed by atoms with Crippen molar-refractivity contribution < 1.29 is 19.6 Å². The zero-order valence-electron chi connectivity index (χ0n) is 19.3. The van der Waals surface area contributed by atoms with Crippen molar-refractivity contribution in [3.63, 3.8) is 0 Å². The molecule has 0 aliphatic carbocycles. The van der Waals surface area contributed by atoms with Gasteiger partial charge in [0, 0.05) is 16.1 Å². The number of aliphatic imine (C=N–C) groups is 1. The lowest BCUT2D eigenvalue weighted by Crippen LogP contribution is -2.28. The number of nitrogens with one attached hydrogen (secondary N) is 1. The molecule has 1 aliphatic heterocycles. The zero-order valence-corrected chi connectivity index (χ0v) is 20.9. The summed E-state index contributed by atoms with van der Waals surface area (Å²) in [4.78, 5) is 18.1. The average molecular weight is 522 g/mol. The first kappa shape index (κ1) is 24.2. The number of carbonyl (C=O) groups is 1. The van der Waals surface area contributed by atoms with Gasteiger partial charge in [-0.15, -0.1) is 21.5 Å². The van der Waals surface area contributed by atoms with Gasteiger partial charge >= 0.3 is 7.12 Å². The normalized spacial score (nSPS) is 14.4. The van der Waals surface area contributed by atoms with E-state index in [0.29, 0.717) is 38.6 Å². The van der Waals surface area contributed by atoms with Crippen LogP contribution in [0.2, 0.25) is 5.02 Å². The maximum Gasteiger partial charge on any atom is 0.489 e. The van der Waals surface area contributed by atoms with Crippen LogP contribution in [0.4, 0.5) is 5.00 Å². The highest BCUT2D eigenvalue weighted by molar-refractivity contribution is 7.15. The number of hydrogen-bond acceptors (Lipinski definition) is 8. The maximum absolute atomic E-state index is 13.1. The topological polar surface area (TPSA) is 122 Å². The minimum atomic E-state index is -1.60. The monoisotopic (exact) mass is 521 g/mol. The fraction of sp³-hybridized carbons (Fsp3) is 0.167. The van der Waals surface area contributed by atoms with Gasteiger partial charge in [-0.05, 0) is 54.2 Å². The van der Waals surface area contributed by atoms with Crippen LogP contribution in [0.1, 0.15) is 35.2 Å². The Bertz CT molecular complexity index is 1470. The molecule has 3 N–H and O–H groups in total. The summed E-state index contributed by atoms with van der Waals surface area (Å²) in [7, 11) is 0.00337. The van der Waals surface area contributed by atoms with Crippen molar-refractivity contribution in [1.82, 2.24) is 14.8 Å². The van der Waals surface area contributed by atoms with Crippen molar-refractivity contribution in [2.45, 2.75) is 19.4 Å². The molecule has 2 aromatic carbocycles. The number of carbonyl (C=O) groups excluding carboxylic acids is 1. The van der Waals surface area contributed by atoms with Gasteiger partial charge in [0.15, 0.2) is 5.82 Å². The number of anilines is 1. The predicted molar refractivity (Wildman–Crippen MR) is 140 cm³/mol. The van der Waals surface area contributed by atoms with Gasteiger partial charge in [0.25, 0.3) is 0 Å². The minimum absolute atomic E-state index is 0.00470. The summed E-state index contributed by atoms with van der Waals surface area (Å²) in [6.45, 7) is 1.85. The summed E-state index contributed by atoms with van der Waals surface area (Å²) >= 11 is 7.34. The Hall–Kier alpha value is -3.51. The highest BCUT2D eigenvalue weighted by atomic mass is 35.5. The number of fused-ring (bicyclic) bond motifs is 3. The van der Waals surface area contributed by atoms with E-state index in [9.17, 15) is 14.8 Å². The molecule has 4 aromatic rings. The molecule has 0 spiro atoms. The van der Waals surface area contributed by atoms with Crippen molar-refractivity contribution in [2.24, 2.45) is 4.99 Å². The highest BCUT2D eigenvalue weighted by Gasteiger charge is 2.30. The maximum atomic E-state index is 13.1. The number of benzene rings is 2. The number of nitrogens with zero attached hydrogens (tertiary/aromatic N) is 4. The fourth-order valence-electron chi connectivity index (χ4n) is 4.09. The highest BCUT2D eigenvalue weighted by Crippen LogP contribution is 2.34. The van der Waals surface area contributed by atoms with Gasteiger partial charge in [-0.2, -0.15) is 0 Å². The van der Waals surface area contributed by atoms with Crippen LogP contribution in [-0.4, -0.2) is 50.7 Å². The molecule has 0 bridgehead atoms. The van der Waals surface area contributed by atoms with Gasteiger partial charge in [0.1, 0.15) is 17.6 Å². The van der Waals surface area contributed by atoms with Crippen LogP contribution >= 0.6 is 22.9 Å². The molecule has 0 fully saturated rings. The summed E-state index contributed by atoms with van der Waals surface area (Å²) in [6.07, 6.45) is -0.00470. The first-order chi connectivity index (χ1) is 17.3. The third-order valence-electron chi connectivity index (χ3n) is 5.81. The number of hydrogen-bond donors (Lipinski definition) is 3. The van der Waals surface area contributed by atoms with Gasteiger partial charge in [-0.25, -0.2) is 0 Å². The zero-order chi connectivity index (χ0) is 25.4. The largest absolute Gasteiger partial charge is 0.497 e. The van der Waals surface area contributed by atoms with Crippen molar-refractivity contribution >= 4 is 52.1 Å². The second-order valence-electron chi connectivity index (χ2n) is 8.19. The van der Waals surface area contributed by atoms with Crippen LogP contribution in [0.25, 0.3) is 5.69 Å². The number of aryl methyl sites for hydroxylation is 1. The number of ether oxygens (including phenoxy) is 1. The number of thiophene rings is 1. The van der Waals surface area contributed by atoms with E-state index >= 15 is 0 Å². The molecule has 0 saturated heterocycles. The molecule has 1 aliphatic rings. The van der Waals surface area contributed by atoms with E-state index in [1.807, 2.05) is 41.8 Å². The lowest BCUT2D eigenvalue weighted by atomic mass is 9.83. The second kappa shape index (κ2) is 9.86. The molecule has 1 unspecified atom stereocenters. The molecule has 182 valence electrons.